The molecule has 0 bridgehead atoms. The Morgan fingerprint density at radius 3 is 2.16 bits per heavy atom. The molecule has 0 aliphatic heterocycles. The topological polar surface area (TPSA) is 40.5 Å². The summed E-state index contributed by atoms with van der Waals surface area (Å²) in [5, 5.41) is 19.6. The van der Waals surface area contributed by atoms with E-state index in [4.69, 9.17) is 0 Å². The van der Waals surface area contributed by atoms with Crippen molar-refractivity contribution in [2.24, 2.45) is 29.1 Å². The zero-order valence-corrected chi connectivity index (χ0v) is 12.2. The number of rotatable bonds is 5. The summed E-state index contributed by atoms with van der Waals surface area (Å²) >= 11 is 0. The largest absolute Gasteiger partial charge is 0.396 e. The van der Waals surface area contributed by atoms with Crippen LogP contribution in [0.3, 0.4) is 0 Å². The van der Waals surface area contributed by atoms with Gasteiger partial charge in [-0.1, -0.05) is 32.1 Å². The monoisotopic (exact) mass is 266 g/mol. The molecular formula is C17H30O2. The second-order valence-corrected chi connectivity index (χ2v) is 7.32. The highest BCUT2D eigenvalue weighted by Gasteiger charge is 2.56. The molecule has 0 spiro atoms. The molecule has 0 heterocycles. The van der Waals surface area contributed by atoms with Gasteiger partial charge in [-0.15, -0.1) is 0 Å². The maximum Gasteiger partial charge on any atom is 0.0464 e. The van der Waals surface area contributed by atoms with Crippen molar-refractivity contribution in [3.63, 3.8) is 0 Å². The number of aliphatic hydroxyl groups is 2. The molecule has 0 aromatic carbocycles. The van der Waals surface area contributed by atoms with Crippen LogP contribution in [-0.2, 0) is 0 Å². The van der Waals surface area contributed by atoms with Gasteiger partial charge in [-0.3, -0.25) is 0 Å². The standard InChI is InChI=1S/C17H30O2/c18-11-10-17(14-8-9-14)15(12-19)6-3-7-16(17)13-4-1-2-5-13/h13-16,18-19H,1-12H2. The van der Waals surface area contributed by atoms with Gasteiger partial charge in [0, 0.05) is 13.2 Å². The van der Waals surface area contributed by atoms with Gasteiger partial charge >= 0.3 is 0 Å². The first-order valence-electron chi connectivity index (χ1n) is 8.54. The first-order chi connectivity index (χ1) is 9.32. The van der Waals surface area contributed by atoms with Gasteiger partial charge in [-0.2, -0.15) is 0 Å². The average molecular weight is 266 g/mol. The van der Waals surface area contributed by atoms with E-state index in [9.17, 15) is 10.2 Å². The fourth-order valence-electron chi connectivity index (χ4n) is 5.76. The highest BCUT2D eigenvalue weighted by Crippen LogP contribution is 2.63. The van der Waals surface area contributed by atoms with E-state index in [2.05, 4.69) is 0 Å². The molecular weight excluding hydrogens is 236 g/mol. The van der Waals surface area contributed by atoms with Gasteiger partial charge in [-0.25, -0.2) is 0 Å². The maximum absolute atomic E-state index is 9.91. The van der Waals surface area contributed by atoms with Crippen molar-refractivity contribution in [3.05, 3.63) is 0 Å². The number of aliphatic hydroxyl groups excluding tert-OH is 2. The van der Waals surface area contributed by atoms with Crippen molar-refractivity contribution in [1.29, 1.82) is 0 Å². The smallest absolute Gasteiger partial charge is 0.0464 e. The van der Waals surface area contributed by atoms with Crippen LogP contribution in [0.4, 0.5) is 0 Å². The lowest BCUT2D eigenvalue weighted by molar-refractivity contribution is -0.0687. The first kappa shape index (κ1) is 13.9. The molecule has 2 N–H and O–H groups in total. The van der Waals surface area contributed by atoms with Crippen LogP contribution in [0.1, 0.15) is 64.2 Å². The van der Waals surface area contributed by atoms with Crippen LogP contribution in [0.15, 0.2) is 0 Å². The van der Waals surface area contributed by atoms with Crippen molar-refractivity contribution < 1.29 is 10.2 Å². The van der Waals surface area contributed by atoms with Crippen LogP contribution in [0.25, 0.3) is 0 Å². The molecule has 3 rings (SSSR count). The minimum atomic E-state index is 0.288. The molecule has 0 amide bonds. The lowest BCUT2D eigenvalue weighted by Gasteiger charge is -2.52. The number of hydrogen-bond acceptors (Lipinski definition) is 2. The van der Waals surface area contributed by atoms with Gasteiger partial charge in [0.2, 0.25) is 0 Å². The summed E-state index contributed by atoms with van der Waals surface area (Å²) in [5.74, 6) is 2.95. The Morgan fingerprint density at radius 1 is 0.842 bits per heavy atom. The molecule has 2 heteroatoms. The molecule has 19 heavy (non-hydrogen) atoms. The van der Waals surface area contributed by atoms with E-state index < -0.39 is 0 Å². The van der Waals surface area contributed by atoms with Gasteiger partial charge in [-0.05, 0) is 61.2 Å². The summed E-state index contributed by atoms with van der Waals surface area (Å²) < 4.78 is 0. The highest BCUT2D eigenvalue weighted by molar-refractivity contribution is 5.05. The fourth-order valence-corrected chi connectivity index (χ4v) is 5.76. The third-order valence-electron chi connectivity index (χ3n) is 6.59. The summed E-state index contributed by atoms with van der Waals surface area (Å²) in [6.45, 7) is 0.663. The number of hydrogen-bond donors (Lipinski definition) is 2. The van der Waals surface area contributed by atoms with Crippen molar-refractivity contribution in [2.75, 3.05) is 13.2 Å². The highest BCUT2D eigenvalue weighted by atomic mass is 16.3. The van der Waals surface area contributed by atoms with Gasteiger partial charge in [0.25, 0.3) is 0 Å². The normalized spacial score (nSPS) is 40.7. The van der Waals surface area contributed by atoms with Gasteiger partial charge < -0.3 is 10.2 Å². The quantitative estimate of drug-likeness (QED) is 0.801. The van der Waals surface area contributed by atoms with Crippen molar-refractivity contribution >= 4 is 0 Å². The van der Waals surface area contributed by atoms with Gasteiger partial charge in [0.1, 0.15) is 0 Å². The Balaban J connectivity index is 1.88. The van der Waals surface area contributed by atoms with Crippen LogP contribution in [0, 0.1) is 29.1 Å². The third-order valence-corrected chi connectivity index (χ3v) is 6.59. The molecule has 0 radical (unpaired) electrons. The van der Waals surface area contributed by atoms with Crippen molar-refractivity contribution in [2.45, 2.75) is 64.2 Å². The zero-order chi connectivity index (χ0) is 13.3. The average Bonchev–Trinajstić information content (AvgIpc) is 3.15. The molecule has 3 aliphatic rings. The zero-order valence-electron chi connectivity index (χ0n) is 12.2. The summed E-state index contributed by atoms with van der Waals surface area (Å²) in [5.41, 5.74) is 0.288. The summed E-state index contributed by atoms with van der Waals surface area (Å²) in [6, 6.07) is 0. The third kappa shape index (κ3) is 2.35. The minimum absolute atomic E-state index is 0.288. The van der Waals surface area contributed by atoms with Gasteiger partial charge in [0.15, 0.2) is 0 Å². The second-order valence-electron chi connectivity index (χ2n) is 7.32. The van der Waals surface area contributed by atoms with Crippen LogP contribution in [0.5, 0.6) is 0 Å². The van der Waals surface area contributed by atoms with E-state index in [-0.39, 0.29) is 5.41 Å². The van der Waals surface area contributed by atoms with Crippen LogP contribution in [-0.4, -0.2) is 23.4 Å². The van der Waals surface area contributed by atoms with Crippen LogP contribution in [0.2, 0.25) is 0 Å². The first-order valence-corrected chi connectivity index (χ1v) is 8.54. The molecule has 3 unspecified atom stereocenters. The predicted molar refractivity (Wildman–Crippen MR) is 76.7 cm³/mol. The van der Waals surface area contributed by atoms with Gasteiger partial charge in [0.05, 0.1) is 0 Å². The van der Waals surface area contributed by atoms with Crippen LogP contribution < -0.4 is 0 Å². The summed E-state index contributed by atoms with van der Waals surface area (Å²) in [7, 11) is 0. The summed E-state index contributed by atoms with van der Waals surface area (Å²) in [6.07, 6.45) is 13.1. The predicted octanol–water partition coefficient (Wildman–Crippen LogP) is 3.36. The Bertz CT molecular complexity index is 294. The Kier molecular flexibility index (Phi) is 4.19. The summed E-state index contributed by atoms with van der Waals surface area (Å²) in [4.78, 5) is 0. The fraction of sp³-hybridized carbons (Fsp3) is 1.00. The van der Waals surface area contributed by atoms with Crippen LogP contribution >= 0.6 is 0 Å². The Labute approximate surface area is 117 Å². The second kappa shape index (κ2) is 5.73. The van der Waals surface area contributed by atoms with E-state index in [1.807, 2.05) is 0 Å². The maximum atomic E-state index is 9.91. The van der Waals surface area contributed by atoms with E-state index in [0.717, 1.165) is 24.2 Å². The van der Waals surface area contributed by atoms with Crippen molar-refractivity contribution in [1.82, 2.24) is 0 Å². The van der Waals surface area contributed by atoms with E-state index >= 15 is 0 Å². The molecule has 0 aromatic rings. The lowest BCUT2D eigenvalue weighted by atomic mass is 9.53. The molecule has 3 fully saturated rings. The molecule has 2 nitrogen and oxygen atoms in total. The molecule has 0 aromatic heterocycles. The van der Waals surface area contributed by atoms with Crippen molar-refractivity contribution in [3.8, 4) is 0 Å². The molecule has 3 saturated carbocycles. The lowest BCUT2D eigenvalue weighted by Crippen LogP contribution is -2.48. The minimum Gasteiger partial charge on any atom is -0.396 e. The van der Waals surface area contributed by atoms with E-state index in [1.165, 1.54) is 57.8 Å². The molecule has 0 saturated heterocycles. The van der Waals surface area contributed by atoms with E-state index in [1.54, 1.807) is 0 Å². The van der Waals surface area contributed by atoms with E-state index in [0.29, 0.717) is 19.1 Å². The molecule has 110 valence electrons. The molecule has 3 atom stereocenters. The Hall–Kier alpha value is -0.0800. The molecule has 3 aliphatic carbocycles. The Morgan fingerprint density at radius 2 is 1.58 bits per heavy atom. The SMILES string of the molecule is OCCC1(C2CC2)C(CO)CCCC1C1CCCC1.